The molecule has 0 fully saturated rings. The van der Waals surface area contributed by atoms with E-state index in [0.717, 1.165) is 5.75 Å². The van der Waals surface area contributed by atoms with Crippen LogP contribution in [0.3, 0.4) is 0 Å². The molecule has 2 heteroatoms. The Morgan fingerprint density at radius 2 is 1.48 bits per heavy atom. The highest BCUT2D eigenvalue weighted by Gasteiger charge is 2.16. The van der Waals surface area contributed by atoms with E-state index < -0.39 is 0 Å². The molecular weight excluding hydrogens is 258 g/mol. The fraction of sp³-hybridized carbons (Fsp3) is 0.368. The third-order valence-electron chi connectivity index (χ3n) is 3.70. The highest BCUT2D eigenvalue weighted by molar-refractivity contribution is 5.43. The van der Waals surface area contributed by atoms with Gasteiger partial charge < -0.3 is 10.1 Å². The zero-order chi connectivity index (χ0) is 15.4. The van der Waals surface area contributed by atoms with Crippen LogP contribution in [-0.2, 0) is 0 Å². The molecule has 0 aliphatic heterocycles. The van der Waals surface area contributed by atoms with Crippen molar-refractivity contribution in [3.8, 4) is 5.75 Å². The van der Waals surface area contributed by atoms with Crippen molar-refractivity contribution < 1.29 is 4.74 Å². The summed E-state index contributed by atoms with van der Waals surface area (Å²) in [4.78, 5) is 0. The van der Waals surface area contributed by atoms with E-state index >= 15 is 0 Å². The summed E-state index contributed by atoms with van der Waals surface area (Å²) < 4.78 is 5.72. The van der Waals surface area contributed by atoms with Gasteiger partial charge in [-0.1, -0.05) is 30.3 Å². The molecule has 21 heavy (non-hydrogen) atoms. The lowest BCUT2D eigenvalue weighted by Gasteiger charge is -2.22. The van der Waals surface area contributed by atoms with Gasteiger partial charge in [0, 0.05) is 0 Å². The van der Waals surface area contributed by atoms with Crippen molar-refractivity contribution in [2.75, 3.05) is 7.05 Å². The molecule has 2 aromatic carbocycles. The highest BCUT2D eigenvalue weighted by atomic mass is 16.5. The fourth-order valence-corrected chi connectivity index (χ4v) is 2.77. The summed E-state index contributed by atoms with van der Waals surface area (Å²) >= 11 is 0. The van der Waals surface area contributed by atoms with Gasteiger partial charge in [0.2, 0.25) is 0 Å². The number of hydrogen-bond acceptors (Lipinski definition) is 2. The minimum absolute atomic E-state index is 0.203. The third-order valence-corrected chi connectivity index (χ3v) is 3.70. The van der Waals surface area contributed by atoms with Gasteiger partial charge in [-0.15, -0.1) is 0 Å². The molecule has 1 N–H and O–H groups in total. The maximum atomic E-state index is 5.72. The van der Waals surface area contributed by atoms with Crippen LogP contribution in [0.4, 0.5) is 0 Å². The largest absolute Gasteiger partial charge is 0.491 e. The van der Waals surface area contributed by atoms with Crippen LogP contribution in [0.15, 0.2) is 42.5 Å². The molecular formula is C19H25NO. The Morgan fingerprint density at radius 3 is 1.95 bits per heavy atom. The van der Waals surface area contributed by atoms with Crippen LogP contribution < -0.4 is 10.1 Å². The van der Waals surface area contributed by atoms with E-state index in [-0.39, 0.29) is 12.1 Å². The SMILES string of the molecule is CNC(c1ccc(OC(C)C)cc1)c1c(C)cccc1C. The molecule has 0 saturated heterocycles. The summed E-state index contributed by atoms with van der Waals surface area (Å²) in [6.07, 6.45) is 0.203. The first kappa shape index (κ1) is 15.6. The Labute approximate surface area is 128 Å². The van der Waals surface area contributed by atoms with Crippen LogP contribution in [-0.4, -0.2) is 13.2 Å². The fourth-order valence-electron chi connectivity index (χ4n) is 2.77. The Bertz CT molecular complexity index is 567. The minimum Gasteiger partial charge on any atom is -0.491 e. The normalized spacial score (nSPS) is 12.5. The lowest BCUT2D eigenvalue weighted by atomic mass is 9.91. The summed E-state index contributed by atoms with van der Waals surface area (Å²) in [5.74, 6) is 0.921. The van der Waals surface area contributed by atoms with Crippen molar-refractivity contribution >= 4 is 0 Å². The van der Waals surface area contributed by atoms with Gasteiger partial charge in [-0.25, -0.2) is 0 Å². The molecule has 0 bridgehead atoms. The summed E-state index contributed by atoms with van der Waals surface area (Å²) in [6.45, 7) is 8.42. The summed E-state index contributed by atoms with van der Waals surface area (Å²) in [7, 11) is 2.01. The predicted octanol–water partition coefficient (Wildman–Crippen LogP) is 4.40. The molecule has 0 radical (unpaired) electrons. The molecule has 2 aromatic rings. The predicted molar refractivity (Wildman–Crippen MR) is 89.0 cm³/mol. The molecule has 0 aliphatic rings. The topological polar surface area (TPSA) is 21.3 Å². The van der Waals surface area contributed by atoms with Crippen LogP contribution in [0.2, 0.25) is 0 Å². The monoisotopic (exact) mass is 283 g/mol. The first-order valence-corrected chi connectivity index (χ1v) is 7.53. The Kier molecular flexibility index (Phi) is 5.03. The van der Waals surface area contributed by atoms with E-state index in [9.17, 15) is 0 Å². The number of hydrogen-bond donors (Lipinski definition) is 1. The lowest BCUT2D eigenvalue weighted by molar-refractivity contribution is 0.242. The van der Waals surface area contributed by atoms with E-state index in [0.29, 0.717) is 0 Å². The molecule has 0 aromatic heterocycles. The van der Waals surface area contributed by atoms with Gasteiger partial charge in [-0.2, -0.15) is 0 Å². The summed E-state index contributed by atoms with van der Waals surface area (Å²) in [6, 6.07) is 15.0. The lowest BCUT2D eigenvalue weighted by Crippen LogP contribution is -2.19. The van der Waals surface area contributed by atoms with Crippen LogP contribution in [0.25, 0.3) is 0 Å². The van der Waals surface area contributed by atoms with E-state index in [4.69, 9.17) is 4.74 Å². The van der Waals surface area contributed by atoms with Crippen molar-refractivity contribution in [3.05, 3.63) is 64.7 Å². The van der Waals surface area contributed by atoms with Crippen LogP contribution in [0.1, 0.15) is 42.1 Å². The van der Waals surface area contributed by atoms with Crippen molar-refractivity contribution in [3.63, 3.8) is 0 Å². The van der Waals surface area contributed by atoms with Gasteiger partial charge in [-0.3, -0.25) is 0 Å². The second kappa shape index (κ2) is 6.77. The average Bonchev–Trinajstić information content (AvgIpc) is 2.44. The standard InChI is InChI=1S/C19H25NO/c1-13(2)21-17-11-9-16(10-12-17)19(20-5)18-14(3)7-6-8-15(18)4/h6-13,19-20H,1-5H3. The molecule has 0 saturated carbocycles. The smallest absolute Gasteiger partial charge is 0.119 e. The molecule has 2 nitrogen and oxygen atoms in total. The van der Waals surface area contributed by atoms with Gasteiger partial charge in [0.15, 0.2) is 0 Å². The van der Waals surface area contributed by atoms with E-state index in [1.54, 1.807) is 0 Å². The van der Waals surface area contributed by atoms with Gasteiger partial charge in [0.25, 0.3) is 0 Å². The number of nitrogens with one attached hydrogen (secondary N) is 1. The molecule has 1 atom stereocenters. The van der Waals surface area contributed by atoms with Gasteiger partial charge >= 0.3 is 0 Å². The van der Waals surface area contributed by atoms with Crippen LogP contribution in [0.5, 0.6) is 5.75 Å². The maximum absolute atomic E-state index is 5.72. The molecule has 0 aliphatic carbocycles. The Morgan fingerprint density at radius 1 is 0.905 bits per heavy atom. The number of rotatable bonds is 5. The highest BCUT2D eigenvalue weighted by Crippen LogP contribution is 2.28. The average molecular weight is 283 g/mol. The van der Waals surface area contributed by atoms with E-state index in [2.05, 4.69) is 49.5 Å². The molecule has 112 valence electrons. The minimum atomic E-state index is 0.203. The Balaban J connectivity index is 2.33. The molecule has 1 unspecified atom stereocenters. The first-order chi connectivity index (χ1) is 10.0. The maximum Gasteiger partial charge on any atom is 0.119 e. The zero-order valence-corrected chi connectivity index (χ0v) is 13.6. The second-order valence-electron chi connectivity index (χ2n) is 5.76. The third kappa shape index (κ3) is 3.64. The van der Waals surface area contributed by atoms with Crippen molar-refractivity contribution in [2.24, 2.45) is 0 Å². The van der Waals surface area contributed by atoms with E-state index in [1.807, 2.05) is 33.0 Å². The van der Waals surface area contributed by atoms with Gasteiger partial charge in [0.1, 0.15) is 5.75 Å². The molecule has 2 rings (SSSR count). The quantitative estimate of drug-likeness (QED) is 0.878. The van der Waals surface area contributed by atoms with E-state index in [1.165, 1.54) is 22.3 Å². The second-order valence-corrected chi connectivity index (χ2v) is 5.76. The van der Waals surface area contributed by atoms with Gasteiger partial charge in [-0.05, 0) is 69.1 Å². The van der Waals surface area contributed by atoms with Crippen molar-refractivity contribution in [1.82, 2.24) is 5.32 Å². The number of ether oxygens (including phenoxy) is 1. The zero-order valence-electron chi connectivity index (χ0n) is 13.6. The first-order valence-electron chi connectivity index (χ1n) is 7.53. The number of benzene rings is 2. The summed E-state index contributed by atoms with van der Waals surface area (Å²) in [5, 5.41) is 3.44. The Hall–Kier alpha value is -1.80. The van der Waals surface area contributed by atoms with Crippen molar-refractivity contribution in [2.45, 2.75) is 39.8 Å². The van der Waals surface area contributed by atoms with Crippen LogP contribution in [0, 0.1) is 13.8 Å². The number of aryl methyl sites for hydroxylation is 2. The molecule has 0 heterocycles. The molecule has 0 amide bonds. The molecule has 0 spiro atoms. The van der Waals surface area contributed by atoms with Gasteiger partial charge in [0.05, 0.1) is 12.1 Å². The summed E-state index contributed by atoms with van der Waals surface area (Å²) in [5.41, 5.74) is 5.25. The van der Waals surface area contributed by atoms with Crippen molar-refractivity contribution in [1.29, 1.82) is 0 Å². The van der Waals surface area contributed by atoms with Crippen LogP contribution >= 0.6 is 0 Å².